The maximum Gasteiger partial charge on any atom is 0.299 e. The van der Waals surface area contributed by atoms with Gasteiger partial charge in [-0.3, -0.25) is 0 Å². The smallest absolute Gasteiger partial charge is 0.299 e. The molecule has 2 aromatic carbocycles. The lowest BCUT2D eigenvalue weighted by molar-refractivity contribution is 0.459. The molecule has 3 aromatic rings. The van der Waals surface area contributed by atoms with Crippen LogP contribution < -0.4 is 0 Å². The molecule has 0 fully saturated rings. The number of nitrogens with zero attached hydrogens (tertiary/aromatic N) is 2. The first-order valence-corrected chi connectivity index (χ1v) is 9.41. The molecule has 0 aliphatic rings. The second kappa shape index (κ2) is 6.37. The van der Waals surface area contributed by atoms with Crippen molar-refractivity contribution < 1.29 is 13.5 Å². The van der Waals surface area contributed by atoms with Crippen molar-refractivity contribution in [3.05, 3.63) is 52.5 Å². The second-order valence-electron chi connectivity index (χ2n) is 5.17. The van der Waals surface area contributed by atoms with Crippen LogP contribution in [-0.4, -0.2) is 18.5 Å². The Kier molecular flexibility index (Phi) is 4.42. The Morgan fingerprint density at radius 2 is 1.88 bits per heavy atom. The van der Waals surface area contributed by atoms with Crippen molar-refractivity contribution >= 4 is 42.5 Å². The number of sulfonamides is 1. The summed E-state index contributed by atoms with van der Waals surface area (Å²) in [5.41, 5.74) is 1.75. The van der Waals surface area contributed by atoms with E-state index in [1.807, 2.05) is 6.92 Å². The van der Waals surface area contributed by atoms with Crippen molar-refractivity contribution in [3.63, 3.8) is 0 Å². The molecular weight excluding hydrogens is 394 g/mol. The van der Waals surface area contributed by atoms with Crippen molar-refractivity contribution in [2.24, 2.45) is 9.63 Å². The lowest BCUT2D eigenvalue weighted by Crippen LogP contribution is -1.95. The summed E-state index contributed by atoms with van der Waals surface area (Å²) >= 11 is 3.33. The zero-order valence-corrected chi connectivity index (χ0v) is 15.1. The monoisotopic (exact) mass is 407 g/mol. The van der Waals surface area contributed by atoms with Crippen molar-refractivity contribution in [2.75, 3.05) is 0 Å². The molecule has 0 radical (unpaired) electrons. The SMILES string of the molecule is CCc1ccc(S(=O)(=O)N=Nc2c(O)[nH]c3ccc(Br)cc23)cc1. The maximum absolute atomic E-state index is 12.3. The number of aryl methyl sites for hydroxylation is 1. The molecule has 0 atom stereocenters. The highest BCUT2D eigenvalue weighted by Crippen LogP contribution is 2.37. The molecule has 1 aromatic heterocycles. The summed E-state index contributed by atoms with van der Waals surface area (Å²) < 4.78 is 28.8. The van der Waals surface area contributed by atoms with Gasteiger partial charge in [0.15, 0.2) is 5.69 Å². The van der Waals surface area contributed by atoms with E-state index in [1.54, 1.807) is 30.3 Å². The molecule has 124 valence electrons. The topological polar surface area (TPSA) is 94.9 Å². The molecule has 0 spiro atoms. The number of aromatic hydroxyl groups is 1. The van der Waals surface area contributed by atoms with Gasteiger partial charge in [0.1, 0.15) is 0 Å². The summed E-state index contributed by atoms with van der Waals surface area (Å²) in [5.74, 6) is -0.233. The number of H-pyrrole nitrogens is 1. The first-order chi connectivity index (χ1) is 11.4. The Balaban J connectivity index is 2.00. The molecule has 2 N–H and O–H groups in total. The number of nitrogens with one attached hydrogen (secondary N) is 1. The van der Waals surface area contributed by atoms with Crippen LogP contribution in [0.2, 0.25) is 0 Å². The highest BCUT2D eigenvalue weighted by atomic mass is 79.9. The summed E-state index contributed by atoms with van der Waals surface area (Å²) in [4.78, 5) is 2.79. The number of aromatic amines is 1. The van der Waals surface area contributed by atoms with Gasteiger partial charge in [-0.25, -0.2) is 0 Å². The number of halogens is 1. The van der Waals surface area contributed by atoms with E-state index in [0.29, 0.717) is 10.9 Å². The molecule has 8 heteroatoms. The molecule has 0 aliphatic carbocycles. The van der Waals surface area contributed by atoms with Crippen LogP contribution in [0.15, 0.2) is 61.5 Å². The van der Waals surface area contributed by atoms with Crippen LogP contribution in [-0.2, 0) is 16.4 Å². The molecule has 0 aliphatic heterocycles. The summed E-state index contributed by atoms with van der Waals surface area (Å²) in [5, 5.41) is 14.3. The first-order valence-electron chi connectivity index (χ1n) is 7.18. The second-order valence-corrected chi connectivity index (χ2v) is 7.67. The van der Waals surface area contributed by atoms with Gasteiger partial charge in [0.25, 0.3) is 10.0 Å². The first kappa shape index (κ1) is 16.7. The molecule has 1 heterocycles. The van der Waals surface area contributed by atoms with E-state index in [1.165, 1.54) is 12.1 Å². The Morgan fingerprint density at radius 1 is 1.17 bits per heavy atom. The standard InChI is InChI=1S/C16H14BrN3O3S/c1-2-10-3-6-12(7-4-10)24(22,23)20-19-15-13-9-11(17)5-8-14(13)18-16(15)21/h3-9,18,21H,2H2,1H3. The van der Waals surface area contributed by atoms with Gasteiger partial charge < -0.3 is 10.1 Å². The van der Waals surface area contributed by atoms with Gasteiger partial charge >= 0.3 is 0 Å². The van der Waals surface area contributed by atoms with Crippen LogP contribution in [0.3, 0.4) is 0 Å². The normalized spacial score (nSPS) is 12.2. The zero-order valence-electron chi connectivity index (χ0n) is 12.7. The van der Waals surface area contributed by atoms with Crippen molar-refractivity contribution in [1.29, 1.82) is 0 Å². The Hall–Kier alpha value is -2.19. The molecule has 0 unspecified atom stereocenters. The third kappa shape index (κ3) is 3.20. The Morgan fingerprint density at radius 3 is 2.54 bits per heavy atom. The predicted octanol–water partition coefficient (Wildman–Crippen LogP) is 4.67. The lowest BCUT2D eigenvalue weighted by atomic mass is 10.2. The molecular formula is C16H14BrN3O3S. The molecule has 24 heavy (non-hydrogen) atoms. The van der Waals surface area contributed by atoms with Crippen molar-refractivity contribution in [2.45, 2.75) is 18.2 Å². The molecule has 6 nitrogen and oxygen atoms in total. The number of aromatic nitrogens is 1. The van der Waals surface area contributed by atoms with E-state index < -0.39 is 10.0 Å². The third-order valence-electron chi connectivity index (χ3n) is 3.59. The molecule has 0 saturated carbocycles. The van der Waals surface area contributed by atoms with Gasteiger partial charge in [-0.2, -0.15) is 8.42 Å². The summed E-state index contributed by atoms with van der Waals surface area (Å²) in [7, 11) is -3.94. The highest BCUT2D eigenvalue weighted by Gasteiger charge is 2.15. The summed E-state index contributed by atoms with van der Waals surface area (Å²) in [6.45, 7) is 1.99. The van der Waals surface area contributed by atoms with Gasteiger partial charge in [-0.05, 0) is 42.3 Å². The van der Waals surface area contributed by atoms with Gasteiger partial charge in [0, 0.05) is 9.86 Å². The minimum atomic E-state index is -3.94. The highest BCUT2D eigenvalue weighted by molar-refractivity contribution is 9.10. The molecule has 0 amide bonds. The minimum Gasteiger partial charge on any atom is -0.493 e. The minimum absolute atomic E-state index is 0.0592. The van der Waals surface area contributed by atoms with E-state index in [2.05, 4.69) is 30.5 Å². The lowest BCUT2D eigenvalue weighted by Gasteiger charge is -2.00. The summed E-state index contributed by atoms with van der Waals surface area (Å²) in [6, 6.07) is 11.7. The van der Waals surface area contributed by atoms with Gasteiger partial charge in [0.05, 0.1) is 10.4 Å². The number of fused-ring (bicyclic) bond motifs is 1. The van der Waals surface area contributed by atoms with Crippen LogP contribution in [0.4, 0.5) is 5.69 Å². The van der Waals surface area contributed by atoms with Crippen LogP contribution in [0.25, 0.3) is 10.9 Å². The van der Waals surface area contributed by atoms with E-state index in [4.69, 9.17) is 0 Å². The average molecular weight is 408 g/mol. The number of hydrogen-bond acceptors (Lipinski definition) is 4. The fraction of sp³-hybridized carbons (Fsp3) is 0.125. The number of hydrogen-bond donors (Lipinski definition) is 2. The number of rotatable bonds is 4. The molecule has 0 bridgehead atoms. The van der Waals surface area contributed by atoms with Crippen molar-refractivity contribution in [3.8, 4) is 5.88 Å². The zero-order chi connectivity index (χ0) is 17.3. The maximum atomic E-state index is 12.3. The van der Waals surface area contributed by atoms with E-state index in [9.17, 15) is 13.5 Å². The van der Waals surface area contributed by atoms with E-state index >= 15 is 0 Å². The Bertz CT molecular complexity index is 1020. The van der Waals surface area contributed by atoms with Crippen LogP contribution in [0.5, 0.6) is 5.88 Å². The van der Waals surface area contributed by atoms with Gasteiger partial charge in [0.2, 0.25) is 5.88 Å². The van der Waals surface area contributed by atoms with E-state index in [0.717, 1.165) is 16.5 Å². The fourth-order valence-electron chi connectivity index (χ4n) is 2.28. The van der Waals surface area contributed by atoms with Crippen molar-refractivity contribution in [1.82, 2.24) is 4.98 Å². The van der Waals surface area contributed by atoms with Crippen LogP contribution >= 0.6 is 15.9 Å². The third-order valence-corrected chi connectivity index (χ3v) is 5.25. The quantitative estimate of drug-likeness (QED) is 0.614. The van der Waals surface area contributed by atoms with Crippen LogP contribution in [0, 0.1) is 0 Å². The largest absolute Gasteiger partial charge is 0.493 e. The fourth-order valence-corrected chi connectivity index (χ4v) is 3.40. The average Bonchev–Trinajstić information content (AvgIpc) is 2.88. The van der Waals surface area contributed by atoms with E-state index in [-0.39, 0.29) is 16.5 Å². The summed E-state index contributed by atoms with van der Waals surface area (Å²) in [6.07, 6.45) is 0.819. The molecule has 0 saturated heterocycles. The van der Waals surface area contributed by atoms with Gasteiger partial charge in [-0.1, -0.05) is 39.5 Å². The Labute approximate surface area is 147 Å². The molecule has 3 rings (SSSR count). The van der Waals surface area contributed by atoms with Crippen LogP contribution in [0.1, 0.15) is 12.5 Å². The number of benzene rings is 2. The van der Waals surface area contributed by atoms with Gasteiger partial charge in [-0.15, -0.1) is 5.11 Å². The predicted molar refractivity (Wildman–Crippen MR) is 95.2 cm³/mol.